The van der Waals surface area contributed by atoms with Crippen LogP contribution in [0.15, 0.2) is 12.3 Å². The molecule has 1 aliphatic heterocycles. The number of hydrazine groups is 1. The molecule has 1 atom stereocenters. The maximum atomic E-state index is 10.7. The van der Waals surface area contributed by atoms with Crippen molar-refractivity contribution in [3.8, 4) is 0 Å². The van der Waals surface area contributed by atoms with Gasteiger partial charge in [0, 0.05) is 13.2 Å². The Balaban J connectivity index is 2.50. The van der Waals surface area contributed by atoms with Crippen molar-refractivity contribution in [2.45, 2.75) is 13.0 Å². The molecule has 50 valence electrons. The van der Waals surface area contributed by atoms with E-state index in [1.165, 1.54) is 0 Å². The van der Waals surface area contributed by atoms with Gasteiger partial charge in [0.05, 0.1) is 0 Å². The van der Waals surface area contributed by atoms with E-state index in [1.54, 1.807) is 11.9 Å². The summed E-state index contributed by atoms with van der Waals surface area (Å²) in [5, 5.41) is 1.77. The first-order chi connectivity index (χ1) is 4.20. The number of Topliss-reactive ketones (excluding diaryl/α,β-unsaturated/α-hetero) is 1. The Morgan fingerprint density at radius 1 is 1.78 bits per heavy atom. The van der Waals surface area contributed by atoms with E-state index < -0.39 is 0 Å². The predicted octanol–water partition coefficient (Wildman–Crippen LogP) is -0.0923. The standard InChI is InChI=1S/C6H10N2O/c1-5(9)6-3-4-8(2)7-6/h3-4,6-7H,1-2H3. The second-order valence-electron chi connectivity index (χ2n) is 2.17. The molecule has 1 rings (SSSR count). The van der Waals surface area contributed by atoms with Gasteiger partial charge in [0.25, 0.3) is 0 Å². The summed E-state index contributed by atoms with van der Waals surface area (Å²) >= 11 is 0. The topological polar surface area (TPSA) is 32.3 Å². The highest BCUT2D eigenvalue weighted by molar-refractivity contribution is 5.83. The van der Waals surface area contributed by atoms with Crippen LogP contribution < -0.4 is 5.43 Å². The minimum Gasteiger partial charge on any atom is -0.318 e. The van der Waals surface area contributed by atoms with E-state index in [9.17, 15) is 4.79 Å². The van der Waals surface area contributed by atoms with Crippen LogP contribution in [0.1, 0.15) is 6.92 Å². The van der Waals surface area contributed by atoms with Gasteiger partial charge in [0.15, 0.2) is 5.78 Å². The lowest BCUT2D eigenvalue weighted by Gasteiger charge is -2.11. The van der Waals surface area contributed by atoms with Gasteiger partial charge in [-0.05, 0) is 13.0 Å². The number of carbonyl (C=O) groups is 1. The fourth-order valence-corrected chi connectivity index (χ4v) is 0.747. The number of carbonyl (C=O) groups excluding carboxylic acids is 1. The lowest BCUT2D eigenvalue weighted by molar-refractivity contribution is -0.118. The van der Waals surface area contributed by atoms with Crippen LogP contribution in [0.4, 0.5) is 0 Å². The van der Waals surface area contributed by atoms with Crippen LogP contribution in [0.3, 0.4) is 0 Å². The SMILES string of the molecule is CC(=O)C1C=CN(C)N1. The lowest BCUT2D eigenvalue weighted by Crippen LogP contribution is -2.36. The summed E-state index contributed by atoms with van der Waals surface area (Å²) < 4.78 is 0. The molecule has 3 nitrogen and oxygen atoms in total. The van der Waals surface area contributed by atoms with E-state index in [4.69, 9.17) is 0 Å². The van der Waals surface area contributed by atoms with Gasteiger partial charge in [-0.25, -0.2) is 5.43 Å². The normalized spacial score (nSPS) is 25.1. The fraction of sp³-hybridized carbons (Fsp3) is 0.500. The summed E-state index contributed by atoms with van der Waals surface area (Å²) in [6.07, 6.45) is 3.68. The van der Waals surface area contributed by atoms with Crippen LogP contribution in [0.2, 0.25) is 0 Å². The average Bonchev–Trinajstić information content (AvgIpc) is 2.14. The molecule has 0 bridgehead atoms. The highest BCUT2D eigenvalue weighted by Crippen LogP contribution is 1.98. The number of ketones is 1. The number of nitrogens with one attached hydrogen (secondary N) is 1. The molecular weight excluding hydrogens is 116 g/mol. The van der Waals surface area contributed by atoms with Crippen molar-refractivity contribution in [3.05, 3.63) is 12.3 Å². The van der Waals surface area contributed by atoms with Crippen LogP contribution in [-0.2, 0) is 4.79 Å². The largest absolute Gasteiger partial charge is 0.318 e. The molecule has 9 heavy (non-hydrogen) atoms. The molecule has 0 saturated carbocycles. The zero-order chi connectivity index (χ0) is 6.85. The van der Waals surface area contributed by atoms with Crippen molar-refractivity contribution in [1.29, 1.82) is 0 Å². The molecule has 1 aliphatic rings. The summed E-state index contributed by atoms with van der Waals surface area (Å²) in [5.41, 5.74) is 2.93. The van der Waals surface area contributed by atoms with E-state index in [0.717, 1.165) is 0 Å². The van der Waals surface area contributed by atoms with Crippen molar-refractivity contribution in [1.82, 2.24) is 10.4 Å². The number of nitrogens with zero attached hydrogens (tertiary/aromatic N) is 1. The van der Waals surface area contributed by atoms with Crippen LogP contribution >= 0.6 is 0 Å². The van der Waals surface area contributed by atoms with Gasteiger partial charge in [0.1, 0.15) is 6.04 Å². The Morgan fingerprint density at radius 2 is 2.44 bits per heavy atom. The second kappa shape index (κ2) is 2.19. The number of hydrogen-bond donors (Lipinski definition) is 1. The van der Waals surface area contributed by atoms with Gasteiger partial charge >= 0.3 is 0 Å². The monoisotopic (exact) mass is 126 g/mol. The van der Waals surface area contributed by atoms with Gasteiger partial charge in [-0.1, -0.05) is 0 Å². The van der Waals surface area contributed by atoms with E-state index in [2.05, 4.69) is 5.43 Å². The van der Waals surface area contributed by atoms with Gasteiger partial charge < -0.3 is 5.01 Å². The van der Waals surface area contributed by atoms with E-state index >= 15 is 0 Å². The average molecular weight is 126 g/mol. The first-order valence-corrected chi connectivity index (χ1v) is 2.88. The Bertz CT molecular complexity index is 153. The quantitative estimate of drug-likeness (QED) is 0.533. The van der Waals surface area contributed by atoms with Crippen LogP contribution in [0.5, 0.6) is 0 Å². The maximum absolute atomic E-state index is 10.7. The third-order valence-electron chi connectivity index (χ3n) is 1.28. The first kappa shape index (κ1) is 6.29. The summed E-state index contributed by atoms with van der Waals surface area (Å²) in [6, 6.07) is -0.102. The Hall–Kier alpha value is -0.830. The van der Waals surface area contributed by atoms with Crippen molar-refractivity contribution in [2.24, 2.45) is 0 Å². The molecule has 0 aliphatic carbocycles. The number of rotatable bonds is 1. The van der Waals surface area contributed by atoms with Gasteiger partial charge in [0.2, 0.25) is 0 Å². The lowest BCUT2D eigenvalue weighted by atomic mass is 10.2. The van der Waals surface area contributed by atoms with Gasteiger partial charge in [-0.2, -0.15) is 0 Å². The molecule has 1 N–H and O–H groups in total. The van der Waals surface area contributed by atoms with Crippen LogP contribution in [0.25, 0.3) is 0 Å². The Morgan fingerprint density at radius 3 is 2.67 bits per heavy atom. The molecule has 3 heteroatoms. The van der Waals surface area contributed by atoms with Gasteiger partial charge in [-0.3, -0.25) is 4.79 Å². The molecule has 0 spiro atoms. The summed E-state index contributed by atoms with van der Waals surface area (Å²) in [4.78, 5) is 10.7. The Kier molecular flexibility index (Phi) is 1.53. The van der Waals surface area contributed by atoms with Crippen LogP contribution in [0, 0.1) is 0 Å². The summed E-state index contributed by atoms with van der Waals surface area (Å²) in [5.74, 6) is 0.149. The molecule has 0 saturated heterocycles. The third-order valence-corrected chi connectivity index (χ3v) is 1.28. The zero-order valence-electron chi connectivity index (χ0n) is 5.59. The predicted molar refractivity (Wildman–Crippen MR) is 34.5 cm³/mol. The molecule has 0 aromatic carbocycles. The van der Waals surface area contributed by atoms with Crippen LogP contribution in [-0.4, -0.2) is 23.9 Å². The van der Waals surface area contributed by atoms with E-state index in [1.807, 2.05) is 19.3 Å². The minimum atomic E-state index is -0.102. The fourth-order valence-electron chi connectivity index (χ4n) is 0.747. The second-order valence-corrected chi connectivity index (χ2v) is 2.17. The molecule has 0 aromatic heterocycles. The highest BCUT2D eigenvalue weighted by atomic mass is 16.1. The maximum Gasteiger partial charge on any atom is 0.152 e. The van der Waals surface area contributed by atoms with E-state index in [0.29, 0.717) is 0 Å². The molecule has 0 fully saturated rings. The van der Waals surface area contributed by atoms with Crippen molar-refractivity contribution in [3.63, 3.8) is 0 Å². The van der Waals surface area contributed by atoms with Gasteiger partial charge in [-0.15, -0.1) is 0 Å². The molecule has 0 amide bonds. The minimum absolute atomic E-state index is 0.102. The van der Waals surface area contributed by atoms with Crippen molar-refractivity contribution < 1.29 is 4.79 Å². The van der Waals surface area contributed by atoms with Crippen molar-refractivity contribution in [2.75, 3.05) is 7.05 Å². The highest BCUT2D eigenvalue weighted by Gasteiger charge is 2.15. The first-order valence-electron chi connectivity index (χ1n) is 2.88. The molecule has 1 unspecified atom stereocenters. The summed E-state index contributed by atoms with van der Waals surface area (Å²) in [6.45, 7) is 1.57. The molecule has 0 radical (unpaired) electrons. The summed E-state index contributed by atoms with van der Waals surface area (Å²) in [7, 11) is 1.86. The number of hydrogen-bond acceptors (Lipinski definition) is 3. The van der Waals surface area contributed by atoms with Crippen molar-refractivity contribution >= 4 is 5.78 Å². The molecular formula is C6H10N2O. The third kappa shape index (κ3) is 1.29. The smallest absolute Gasteiger partial charge is 0.152 e. The zero-order valence-corrected chi connectivity index (χ0v) is 5.59. The van der Waals surface area contributed by atoms with E-state index in [-0.39, 0.29) is 11.8 Å². The Labute approximate surface area is 54.3 Å². The molecule has 0 aromatic rings. The molecule has 1 heterocycles.